The Bertz CT molecular complexity index is 889. The highest BCUT2D eigenvalue weighted by Gasteiger charge is 2.31. The molecule has 176 valence electrons. The van der Waals surface area contributed by atoms with E-state index in [0.717, 1.165) is 49.8 Å². The lowest BCUT2D eigenvalue weighted by molar-refractivity contribution is -0.146. The summed E-state index contributed by atoms with van der Waals surface area (Å²) in [6.45, 7) is 1.59. The van der Waals surface area contributed by atoms with Gasteiger partial charge < -0.3 is 15.0 Å². The zero-order chi connectivity index (χ0) is 23.3. The summed E-state index contributed by atoms with van der Waals surface area (Å²) in [5, 5.41) is 2.86. The topological polar surface area (TPSA) is 88.6 Å². The van der Waals surface area contributed by atoms with E-state index < -0.39 is 0 Å². The van der Waals surface area contributed by atoms with E-state index in [1.54, 1.807) is 6.20 Å². The minimum Gasteiger partial charge on any atom is -0.461 e. The molecule has 1 atom stereocenters. The van der Waals surface area contributed by atoms with Crippen LogP contribution in [0.15, 0.2) is 54.9 Å². The Kier molecular flexibility index (Phi) is 9.88. The SMILES string of the molecule is O=C(CCC(=O)OCc1ccccc1)NCCCCCCN1C(=O)CC[C@H]1c1cccnc1. The maximum Gasteiger partial charge on any atom is 0.306 e. The Morgan fingerprint density at radius 1 is 1.03 bits per heavy atom. The standard InChI is InChI=1S/C26H33N3O4/c30-24(13-15-26(32)33-20-21-9-4-3-5-10-21)28-17-6-1-2-7-18-29-23(12-14-25(29)31)22-11-8-16-27-19-22/h3-5,8-11,16,19,23H,1-2,6-7,12-15,17-18,20H2,(H,28,30)/t23-/m0/s1. The van der Waals surface area contributed by atoms with E-state index in [-0.39, 0.29) is 43.3 Å². The third-order valence-corrected chi connectivity index (χ3v) is 5.84. The van der Waals surface area contributed by atoms with Crippen LogP contribution in [0.3, 0.4) is 0 Å². The molecule has 1 aliphatic rings. The van der Waals surface area contributed by atoms with Crippen LogP contribution in [0.2, 0.25) is 0 Å². The second-order valence-corrected chi connectivity index (χ2v) is 8.34. The zero-order valence-electron chi connectivity index (χ0n) is 19.1. The Hall–Kier alpha value is -3.22. The van der Waals surface area contributed by atoms with Crippen molar-refractivity contribution in [2.24, 2.45) is 0 Å². The number of nitrogens with one attached hydrogen (secondary N) is 1. The van der Waals surface area contributed by atoms with Gasteiger partial charge in [0.2, 0.25) is 11.8 Å². The Labute approximate surface area is 195 Å². The molecule has 1 fully saturated rings. The molecule has 7 heteroatoms. The van der Waals surface area contributed by atoms with Crippen molar-refractivity contribution >= 4 is 17.8 Å². The molecular formula is C26H33N3O4. The van der Waals surface area contributed by atoms with Crippen molar-refractivity contribution < 1.29 is 19.1 Å². The Morgan fingerprint density at radius 2 is 1.85 bits per heavy atom. The normalized spacial score (nSPS) is 15.5. The van der Waals surface area contributed by atoms with Gasteiger partial charge in [0.15, 0.2) is 0 Å². The molecule has 0 saturated carbocycles. The first kappa shape index (κ1) is 24.4. The molecule has 1 N–H and O–H groups in total. The fourth-order valence-electron chi connectivity index (χ4n) is 4.04. The first-order valence-corrected chi connectivity index (χ1v) is 11.8. The Morgan fingerprint density at radius 3 is 2.64 bits per heavy atom. The summed E-state index contributed by atoms with van der Waals surface area (Å²) in [4.78, 5) is 42.1. The molecule has 1 aromatic heterocycles. The lowest BCUT2D eigenvalue weighted by Gasteiger charge is -2.25. The quantitative estimate of drug-likeness (QED) is 0.368. The highest BCUT2D eigenvalue weighted by molar-refractivity contribution is 5.81. The fraction of sp³-hybridized carbons (Fsp3) is 0.462. The minimum atomic E-state index is -0.366. The van der Waals surface area contributed by atoms with Gasteiger partial charge in [0.25, 0.3) is 0 Å². The van der Waals surface area contributed by atoms with Crippen LogP contribution in [0.25, 0.3) is 0 Å². The molecular weight excluding hydrogens is 418 g/mol. The van der Waals surface area contributed by atoms with Crippen molar-refractivity contribution in [1.82, 2.24) is 15.2 Å². The van der Waals surface area contributed by atoms with Crippen molar-refractivity contribution in [3.63, 3.8) is 0 Å². The molecule has 0 unspecified atom stereocenters. The number of amides is 2. The van der Waals surface area contributed by atoms with Crippen LogP contribution in [0.4, 0.5) is 0 Å². The van der Waals surface area contributed by atoms with Gasteiger partial charge in [0.1, 0.15) is 6.61 Å². The predicted molar refractivity (Wildman–Crippen MR) is 125 cm³/mol. The van der Waals surface area contributed by atoms with E-state index in [0.29, 0.717) is 13.0 Å². The van der Waals surface area contributed by atoms with E-state index in [2.05, 4.69) is 10.3 Å². The molecule has 2 aromatic rings. The first-order valence-electron chi connectivity index (χ1n) is 11.8. The number of nitrogens with zero attached hydrogens (tertiary/aromatic N) is 2. The van der Waals surface area contributed by atoms with E-state index in [9.17, 15) is 14.4 Å². The molecule has 0 aliphatic carbocycles. The summed E-state index contributed by atoms with van der Waals surface area (Å²) in [6, 6.07) is 13.6. The van der Waals surface area contributed by atoms with E-state index in [4.69, 9.17) is 4.74 Å². The van der Waals surface area contributed by atoms with Crippen LogP contribution < -0.4 is 5.32 Å². The number of ether oxygens (including phenoxy) is 1. The lowest BCUT2D eigenvalue weighted by atomic mass is 10.1. The van der Waals surface area contributed by atoms with Crippen LogP contribution in [-0.2, 0) is 25.7 Å². The van der Waals surface area contributed by atoms with Crippen molar-refractivity contribution in [1.29, 1.82) is 0 Å². The molecule has 2 heterocycles. The monoisotopic (exact) mass is 451 g/mol. The van der Waals surface area contributed by atoms with Gasteiger partial charge in [0.05, 0.1) is 12.5 Å². The third kappa shape index (κ3) is 8.33. The van der Waals surface area contributed by atoms with Crippen molar-refractivity contribution in [3.05, 3.63) is 66.0 Å². The largest absolute Gasteiger partial charge is 0.461 e. The number of esters is 1. The maximum atomic E-state index is 12.2. The molecule has 33 heavy (non-hydrogen) atoms. The van der Waals surface area contributed by atoms with Gasteiger partial charge in [-0.2, -0.15) is 0 Å². The molecule has 0 radical (unpaired) electrons. The van der Waals surface area contributed by atoms with E-state index >= 15 is 0 Å². The number of rotatable bonds is 13. The number of benzene rings is 1. The van der Waals surface area contributed by atoms with Gasteiger partial charge in [-0.05, 0) is 36.5 Å². The highest BCUT2D eigenvalue weighted by Crippen LogP contribution is 2.32. The number of likely N-dealkylation sites (tertiary alicyclic amines) is 1. The zero-order valence-corrected chi connectivity index (χ0v) is 19.1. The predicted octanol–water partition coefficient (Wildman–Crippen LogP) is 3.95. The van der Waals surface area contributed by atoms with Gasteiger partial charge >= 0.3 is 5.97 Å². The molecule has 1 aliphatic heterocycles. The summed E-state index contributed by atoms with van der Waals surface area (Å²) in [5.74, 6) is -0.276. The van der Waals surface area contributed by atoms with Crippen molar-refractivity contribution in [2.75, 3.05) is 13.1 Å². The number of hydrogen-bond acceptors (Lipinski definition) is 5. The second-order valence-electron chi connectivity index (χ2n) is 8.34. The Balaban J connectivity index is 1.21. The summed E-state index contributed by atoms with van der Waals surface area (Å²) in [6.07, 6.45) is 9.10. The lowest BCUT2D eigenvalue weighted by Crippen LogP contribution is -2.28. The number of carbonyl (C=O) groups excluding carboxylic acids is 3. The van der Waals surface area contributed by atoms with Crippen LogP contribution in [0.5, 0.6) is 0 Å². The summed E-state index contributed by atoms with van der Waals surface area (Å²) in [5.41, 5.74) is 2.03. The van der Waals surface area contributed by atoms with Gasteiger partial charge in [-0.1, -0.05) is 49.2 Å². The molecule has 3 rings (SSSR count). The van der Waals surface area contributed by atoms with Crippen LogP contribution in [-0.4, -0.2) is 40.8 Å². The minimum absolute atomic E-state index is 0.0840. The van der Waals surface area contributed by atoms with E-state index in [1.807, 2.05) is 53.6 Å². The van der Waals surface area contributed by atoms with E-state index in [1.165, 1.54) is 0 Å². The van der Waals surface area contributed by atoms with Crippen LogP contribution in [0.1, 0.15) is 68.5 Å². The summed E-state index contributed by atoms with van der Waals surface area (Å²) < 4.78 is 5.18. The van der Waals surface area contributed by atoms with Gasteiger partial charge in [0, 0.05) is 38.3 Å². The fourth-order valence-corrected chi connectivity index (χ4v) is 4.04. The van der Waals surface area contributed by atoms with Gasteiger partial charge in [-0.15, -0.1) is 0 Å². The number of aromatic nitrogens is 1. The second kappa shape index (κ2) is 13.4. The summed E-state index contributed by atoms with van der Waals surface area (Å²) in [7, 11) is 0. The molecule has 2 amide bonds. The molecule has 1 aromatic carbocycles. The molecule has 7 nitrogen and oxygen atoms in total. The maximum absolute atomic E-state index is 12.2. The smallest absolute Gasteiger partial charge is 0.306 e. The first-order chi connectivity index (χ1) is 16.1. The van der Waals surface area contributed by atoms with Crippen molar-refractivity contribution in [2.45, 2.75) is 64.0 Å². The van der Waals surface area contributed by atoms with Crippen molar-refractivity contribution in [3.8, 4) is 0 Å². The average molecular weight is 452 g/mol. The summed E-state index contributed by atoms with van der Waals surface area (Å²) >= 11 is 0. The average Bonchev–Trinajstić information content (AvgIpc) is 3.22. The number of unbranched alkanes of at least 4 members (excludes halogenated alkanes) is 3. The van der Waals surface area contributed by atoms with Gasteiger partial charge in [-0.3, -0.25) is 19.4 Å². The highest BCUT2D eigenvalue weighted by atomic mass is 16.5. The third-order valence-electron chi connectivity index (χ3n) is 5.84. The van der Waals surface area contributed by atoms with Crippen LogP contribution in [0, 0.1) is 0 Å². The number of carbonyl (C=O) groups is 3. The molecule has 1 saturated heterocycles. The number of pyridine rings is 1. The van der Waals surface area contributed by atoms with Gasteiger partial charge in [-0.25, -0.2) is 0 Å². The number of hydrogen-bond donors (Lipinski definition) is 1. The molecule has 0 bridgehead atoms. The van der Waals surface area contributed by atoms with Crippen LogP contribution >= 0.6 is 0 Å². The molecule has 0 spiro atoms.